The van der Waals surface area contributed by atoms with E-state index in [2.05, 4.69) is 25.6 Å². The highest BCUT2D eigenvalue weighted by Crippen LogP contribution is 2.24. The van der Waals surface area contributed by atoms with E-state index < -0.39 is 10.0 Å². The maximum absolute atomic E-state index is 12.4. The zero-order valence-corrected chi connectivity index (χ0v) is 13.2. The number of aromatic nitrogens is 1. The summed E-state index contributed by atoms with van der Waals surface area (Å²) in [7, 11) is -3.63. The van der Waals surface area contributed by atoms with Crippen LogP contribution < -0.4 is 4.72 Å². The van der Waals surface area contributed by atoms with Gasteiger partial charge in [-0.3, -0.25) is 9.71 Å². The SMILES string of the molecule is O=S(=O)(Nc1cncc2ccccc12)c1ccc(Br)cc1. The summed E-state index contributed by atoms with van der Waals surface area (Å²) >= 11 is 3.29. The van der Waals surface area contributed by atoms with E-state index in [9.17, 15) is 8.42 Å². The van der Waals surface area contributed by atoms with Crippen LogP contribution in [-0.4, -0.2) is 13.4 Å². The van der Waals surface area contributed by atoms with Crippen molar-refractivity contribution in [3.63, 3.8) is 0 Å². The average Bonchev–Trinajstić information content (AvgIpc) is 2.48. The Labute approximate surface area is 131 Å². The van der Waals surface area contributed by atoms with Gasteiger partial charge < -0.3 is 0 Å². The minimum Gasteiger partial charge on any atom is -0.277 e. The van der Waals surface area contributed by atoms with Gasteiger partial charge in [-0.15, -0.1) is 0 Å². The second-order valence-corrected chi connectivity index (χ2v) is 7.07. The molecule has 6 heteroatoms. The van der Waals surface area contributed by atoms with Crippen LogP contribution in [0, 0.1) is 0 Å². The number of anilines is 1. The standard InChI is InChI=1S/C15H11BrN2O2S/c16-12-5-7-13(8-6-12)21(19,20)18-15-10-17-9-11-3-1-2-4-14(11)15/h1-10,18H. The molecule has 1 N–H and O–H groups in total. The summed E-state index contributed by atoms with van der Waals surface area (Å²) < 4.78 is 28.2. The molecule has 0 fully saturated rings. The van der Waals surface area contributed by atoms with Crippen LogP contribution in [0.2, 0.25) is 0 Å². The van der Waals surface area contributed by atoms with E-state index in [1.165, 1.54) is 6.20 Å². The monoisotopic (exact) mass is 362 g/mol. The summed E-state index contributed by atoms with van der Waals surface area (Å²) in [6.45, 7) is 0. The molecule has 1 heterocycles. The highest BCUT2D eigenvalue weighted by Gasteiger charge is 2.15. The van der Waals surface area contributed by atoms with Crippen LogP contribution in [0.3, 0.4) is 0 Å². The maximum atomic E-state index is 12.4. The minimum atomic E-state index is -3.63. The molecular formula is C15H11BrN2O2S. The van der Waals surface area contributed by atoms with Gasteiger partial charge >= 0.3 is 0 Å². The van der Waals surface area contributed by atoms with Crippen molar-refractivity contribution in [3.8, 4) is 0 Å². The highest BCUT2D eigenvalue weighted by molar-refractivity contribution is 9.10. The number of pyridine rings is 1. The Balaban J connectivity index is 2.03. The molecule has 0 aliphatic carbocycles. The quantitative estimate of drug-likeness (QED) is 0.770. The number of benzene rings is 2. The molecule has 3 aromatic rings. The van der Waals surface area contributed by atoms with Crippen molar-refractivity contribution in [2.45, 2.75) is 4.90 Å². The Bertz CT molecular complexity index is 888. The second-order valence-electron chi connectivity index (χ2n) is 4.47. The van der Waals surface area contributed by atoms with Gasteiger partial charge in [0, 0.05) is 21.4 Å². The van der Waals surface area contributed by atoms with Crippen LogP contribution in [0.5, 0.6) is 0 Å². The number of rotatable bonds is 3. The molecule has 0 saturated heterocycles. The molecule has 4 nitrogen and oxygen atoms in total. The lowest BCUT2D eigenvalue weighted by Crippen LogP contribution is -2.13. The minimum absolute atomic E-state index is 0.207. The Morgan fingerprint density at radius 3 is 2.43 bits per heavy atom. The van der Waals surface area contributed by atoms with E-state index in [1.54, 1.807) is 30.5 Å². The molecule has 0 spiro atoms. The van der Waals surface area contributed by atoms with Gasteiger partial charge in [0.2, 0.25) is 0 Å². The Kier molecular flexibility index (Phi) is 3.65. The molecule has 0 atom stereocenters. The average molecular weight is 363 g/mol. The third-order valence-electron chi connectivity index (χ3n) is 3.04. The van der Waals surface area contributed by atoms with Gasteiger partial charge in [0.1, 0.15) is 0 Å². The van der Waals surface area contributed by atoms with Crippen molar-refractivity contribution in [3.05, 3.63) is 65.4 Å². The van der Waals surface area contributed by atoms with Gasteiger partial charge in [0.05, 0.1) is 16.8 Å². The van der Waals surface area contributed by atoms with Crippen LogP contribution in [0.4, 0.5) is 5.69 Å². The van der Waals surface area contributed by atoms with E-state index in [0.29, 0.717) is 5.69 Å². The van der Waals surface area contributed by atoms with Gasteiger partial charge in [0.25, 0.3) is 10.0 Å². The molecule has 0 amide bonds. The predicted molar refractivity (Wildman–Crippen MR) is 86.7 cm³/mol. The summed E-state index contributed by atoms with van der Waals surface area (Å²) in [5.41, 5.74) is 0.469. The summed E-state index contributed by atoms with van der Waals surface area (Å²) in [5, 5.41) is 1.70. The fourth-order valence-electron chi connectivity index (χ4n) is 2.02. The lowest BCUT2D eigenvalue weighted by Gasteiger charge is -2.10. The summed E-state index contributed by atoms with van der Waals surface area (Å²) in [6, 6.07) is 14.0. The molecule has 21 heavy (non-hydrogen) atoms. The normalized spacial score (nSPS) is 11.5. The molecule has 0 radical (unpaired) electrons. The zero-order valence-electron chi connectivity index (χ0n) is 10.8. The number of hydrogen-bond donors (Lipinski definition) is 1. The Morgan fingerprint density at radius 1 is 0.952 bits per heavy atom. The molecular weight excluding hydrogens is 352 g/mol. The molecule has 0 bridgehead atoms. The summed E-state index contributed by atoms with van der Waals surface area (Å²) in [6.07, 6.45) is 3.21. The zero-order chi connectivity index (χ0) is 14.9. The van der Waals surface area contributed by atoms with Gasteiger partial charge in [-0.05, 0) is 24.3 Å². The van der Waals surface area contributed by atoms with Crippen molar-refractivity contribution >= 4 is 42.4 Å². The predicted octanol–water partition coefficient (Wildman–Crippen LogP) is 3.80. The molecule has 2 aromatic carbocycles. The van der Waals surface area contributed by atoms with Crippen LogP contribution >= 0.6 is 15.9 Å². The first kappa shape index (κ1) is 14.0. The molecule has 0 saturated carbocycles. The van der Waals surface area contributed by atoms with Crippen LogP contribution in [0.15, 0.2) is 70.3 Å². The third kappa shape index (κ3) is 2.91. The van der Waals surface area contributed by atoms with Crippen LogP contribution in [0.1, 0.15) is 0 Å². The summed E-state index contributed by atoms with van der Waals surface area (Å²) in [4.78, 5) is 4.28. The number of halogens is 1. The first-order valence-electron chi connectivity index (χ1n) is 6.17. The fourth-order valence-corrected chi connectivity index (χ4v) is 3.34. The molecule has 3 rings (SSSR count). The topological polar surface area (TPSA) is 59.1 Å². The number of nitrogens with one attached hydrogen (secondary N) is 1. The maximum Gasteiger partial charge on any atom is 0.261 e. The van der Waals surface area contributed by atoms with E-state index in [1.807, 2.05) is 24.3 Å². The first-order chi connectivity index (χ1) is 10.1. The van der Waals surface area contributed by atoms with Gasteiger partial charge in [-0.1, -0.05) is 40.2 Å². The van der Waals surface area contributed by atoms with Crippen molar-refractivity contribution in [2.75, 3.05) is 4.72 Å². The Hall–Kier alpha value is -1.92. The number of fused-ring (bicyclic) bond motifs is 1. The van der Waals surface area contributed by atoms with Gasteiger partial charge in [0.15, 0.2) is 0 Å². The van der Waals surface area contributed by atoms with Gasteiger partial charge in [-0.25, -0.2) is 8.42 Å². The third-order valence-corrected chi connectivity index (χ3v) is 4.95. The lowest BCUT2D eigenvalue weighted by atomic mass is 10.1. The van der Waals surface area contributed by atoms with E-state index in [-0.39, 0.29) is 4.90 Å². The van der Waals surface area contributed by atoms with E-state index in [4.69, 9.17) is 0 Å². The van der Waals surface area contributed by atoms with E-state index in [0.717, 1.165) is 15.2 Å². The largest absolute Gasteiger partial charge is 0.277 e. The van der Waals surface area contributed by atoms with Gasteiger partial charge in [-0.2, -0.15) is 0 Å². The molecule has 0 aliphatic rings. The lowest BCUT2D eigenvalue weighted by molar-refractivity contribution is 0.601. The molecule has 106 valence electrons. The van der Waals surface area contributed by atoms with Crippen molar-refractivity contribution < 1.29 is 8.42 Å². The number of hydrogen-bond acceptors (Lipinski definition) is 3. The second kappa shape index (κ2) is 5.46. The molecule has 0 aliphatic heterocycles. The summed E-state index contributed by atoms with van der Waals surface area (Å²) in [5.74, 6) is 0. The van der Waals surface area contributed by atoms with Crippen LogP contribution in [-0.2, 0) is 10.0 Å². The fraction of sp³-hybridized carbons (Fsp3) is 0. The number of sulfonamides is 1. The smallest absolute Gasteiger partial charge is 0.261 e. The van der Waals surface area contributed by atoms with Crippen molar-refractivity contribution in [1.82, 2.24) is 4.98 Å². The molecule has 1 aromatic heterocycles. The Morgan fingerprint density at radius 2 is 1.67 bits per heavy atom. The van der Waals surface area contributed by atoms with E-state index >= 15 is 0 Å². The first-order valence-corrected chi connectivity index (χ1v) is 8.45. The highest BCUT2D eigenvalue weighted by atomic mass is 79.9. The van der Waals surface area contributed by atoms with Crippen LogP contribution in [0.25, 0.3) is 10.8 Å². The molecule has 0 unspecified atom stereocenters. The van der Waals surface area contributed by atoms with Crippen molar-refractivity contribution in [1.29, 1.82) is 0 Å². The van der Waals surface area contributed by atoms with Crippen molar-refractivity contribution in [2.24, 2.45) is 0 Å². The number of nitrogens with zero attached hydrogens (tertiary/aromatic N) is 1.